The Morgan fingerprint density at radius 2 is 2.14 bits per heavy atom. The Kier molecular flexibility index (Phi) is 5.24. The molecular formula is C14H13BrClNO3S. The minimum absolute atomic E-state index is 0.0880. The maximum Gasteiger partial charge on any atom is 0.351 e. The third-order valence-corrected chi connectivity index (χ3v) is 4.52. The highest BCUT2D eigenvalue weighted by molar-refractivity contribution is 9.10. The monoisotopic (exact) mass is 389 g/mol. The lowest BCUT2D eigenvalue weighted by atomic mass is 10.0. The third-order valence-electron chi connectivity index (χ3n) is 2.73. The van der Waals surface area contributed by atoms with Gasteiger partial charge in [-0.05, 0) is 29.7 Å². The van der Waals surface area contributed by atoms with Crippen molar-refractivity contribution in [3.63, 3.8) is 0 Å². The van der Waals surface area contributed by atoms with Gasteiger partial charge in [-0.3, -0.25) is 0 Å². The molecular weight excluding hydrogens is 378 g/mol. The normalized spacial score (nSPS) is 10.8. The highest BCUT2D eigenvalue weighted by Crippen LogP contribution is 2.36. The molecule has 7 heteroatoms. The van der Waals surface area contributed by atoms with E-state index >= 15 is 0 Å². The van der Waals surface area contributed by atoms with E-state index < -0.39 is 5.97 Å². The number of thiazole rings is 1. The van der Waals surface area contributed by atoms with Gasteiger partial charge in [-0.15, -0.1) is 0 Å². The second-order valence-electron chi connectivity index (χ2n) is 4.53. The lowest BCUT2D eigenvalue weighted by Gasteiger charge is -2.12. The van der Waals surface area contributed by atoms with Crippen LogP contribution in [0.25, 0.3) is 0 Å². The summed E-state index contributed by atoms with van der Waals surface area (Å²) in [5.74, 6) is 0.454. The van der Waals surface area contributed by atoms with Crippen molar-refractivity contribution in [3.05, 3.63) is 38.3 Å². The Morgan fingerprint density at radius 1 is 1.43 bits per heavy atom. The Labute approximate surface area is 140 Å². The number of rotatable bonds is 4. The van der Waals surface area contributed by atoms with Gasteiger partial charge in [-0.25, -0.2) is 4.79 Å². The van der Waals surface area contributed by atoms with Crippen molar-refractivity contribution in [3.8, 4) is 10.9 Å². The fourth-order valence-corrected chi connectivity index (χ4v) is 3.14. The van der Waals surface area contributed by atoms with Gasteiger partial charge >= 0.3 is 5.97 Å². The Hall–Kier alpha value is -1.11. The molecule has 21 heavy (non-hydrogen) atoms. The number of methoxy groups -OCH3 is 1. The molecule has 2 rings (SSSR count). The largest absolute Gasteiger partial charge is 0.465 e. The van der Waals surface area contributed by atoms with E-state index in [0.717, 1.165) is 21.4 Å². The van der Waals surface area contributed by atoms with Gasteiger partial charge in [-0.1, -0.05) is 52.7 Å². The molecule has 0 N–H and O–H groups in total. The van der Waals surface area contributed by atoms with Gasteiger partial charge in [-0.2, -0.15) is 4.98 Å². The van der Waals surface area contributed by atoms with Crippen molar-refractivity contribution in [1.29, 1.82) is 0 Å². The number of aromatic nitrogens is 1. The van der Waals surface area contributed by atoms with E-state index in [2.05, 4.69) is 39.5 Å². The fourth-order valence-electron chi connectivity index (χ4n) is 1.70. The minimum atomic E-state index is -0.521. The maximum absolute atomic E-state index is 11.5. The van der Waals surface area contributed by atoms with Crippen molar-refractivity contribution in [2.75, 3.05) is 7.11 Å². The highest BCUT2D eigenvalue weighted by Gasteiger charge is 2.19. The number of halogens is 2. The first-order valence-corrected chi connectivity index (χ1v) is 8.13. The predicted molar refractivity (Wildman–Crippen MR) is 86.8 cm³/mol. The summed E-state index contributed by atoms with van der Waals surface area (Å²) in [5, 5.41) is 0.398. The molecule has 0 saturated carbocycles. The van der Waals surface area contributed by atoms with Crippen LogP contribution in [0, 0.1) is 0 Å². The molecule has 1 heterocycles. The molecule has 0 bridgehead atoms. The van der Waals surface area contributed by atoms with Crippen LogP contribution in [-0.4, -0.2) is 18.1 Å². The zero-order chi connectivity index (χ0) is 15.6. The minimum Gasteiger partial charge on any atom is -0.465 e. The lowest BCUT2D eigenvalue weighted by Crippen LogP contribution is -1.98. The molecule has 0 unspecified atom stereocenters. The number of benzene rings is 1. The van der Waals surface area contributed by atoms with Gasteiger partial charge in [0, 0.05) is 4.47 Å². The number of hydrogen-bond acceptors (Lipinski definition) is 5. The van der Waals surface area contributed by atoms with Gasteiger partial charge in [0.1, 0.15) is 5.75 Å². The van der Waals surface area contributed by atoms with Gasteiger partial charge in [0.05, 0.1) is 7.11 Å². The summed E-state index contributed by atoms with van der Waals surface area (Å²) < 4.78 is 11.4. The molecule has 2 aromatic rings. The first-order valence-electron chi connectivity index (χ1n) is 6.14. The molecule has 0 spiro atoms. The van der Waals surface area contributed by atoms with Gasteiger partial charge < -0.3 is 9.47 Å². The molecule has 0 radical (unpaired) electrons. The molecule has 112 valence electrons. The summed E-state index contributed by atoms with van der Waals surface area (Å²) >= 11 is 10.4. The standard InChI is InChI=1S/C14H13BrClNO3S/c1-7(2)9-6-8(15)4-5-10(9)20-14-17-12(16)11(21-14)13(18)19-3/h4-7H,1-3H3. The second-order valence-corrected chi connectivity index (χ2v) is 6.77. The van der Waals surface area contributed by atoms with Gasteiger partial charge in [0.15, 0.2) is 10.0 Å². The van der Waals surface area contributed by atoms with Crippen LogP contribution in [0.1, 0.15) is 35.0 Å². The second kappa shape index (κ2) is 6.77. The predicted octanol–water partition coefficient (Wildman–Crippen LogP) is 5.26. The lowest BCUT2D eigenvalue weighted by molar-refractivity contribution is 0.0606. The van der Waals surface area contributed by atoms with Crippen LogP contribution in [0.2, 0.25) is 5.15 Å². The summed E-state index contributed by atoms with van der Waals surface area (Å²) in [6.07, 6.45) is 0. The van der Waals surface area contributed by atoms with Crippen molar-refractivity contribution in [1.82, 2.24) is 4.98 Å². The van der Waals surface area contributed by atoms with Crippen LogP contribution in [0.15, 0.2) is 22.7 Å². The van der Waals surface area contributed by atoms with Crippen LogP contribution in [-0.2, 0) is 4.74 Å². The summed E-state index contributed by atoms with van der Waals surface area (Å²) in [6.45, 7) is 4.15. The molecule has 1 aromatic carbocycles. The van der Waals surface area contributed by atoms with E-state index in [1.807, 2.05) is 18.2 Å². The van der Waals surface area contributed by atoms with Crippen LogP contribution in [0.4, 0.5) is 0 Å². The average molecular weight is 391 g/mol. The molecule has 4 nitrogen and oxygen atoms in total. The third kappa shape index (κ3) is 3.75. The van der Waals surface area contributed by atoms with Gasteiger partial charge in [0.2, 0.25) is 0 Å². The average Bonchev–Trinajstić information content (AvgIpc) is 2.80. The zero-order valence-corrected chi connectivity index (χ0v) is 14.8. The Morgan fingerprint density at radius 3 is 2.76 bits per heavy atom. The molecule has 0 amide bonds. The molecule has 0 aliphatic rings. The number of carbonyl (C=O) groups is 1. The number of esters is 1. The number of carbonyl (C=O) groups excluding carboxylic acids is 1. The molecule has 0 aliphatic carbocycles. The van der Waals surface area contributed by atoms with E-state index in [1.165, 1.54) is 7.11 Å². The van der Waals surface area contributed by atoms with E-state index in [9.17, 15) is 4.79 Å². The zero-order valence-electron chi connectivity index (χ0n) is 11.6. The topological polar surface area (TPSA) is 48.4 Å². The number of nitrogens with zero attached hydrogens (tertiary/aromatic N) is 1. The maximum atomic E-state index is 11.5. The molecule has 0 atom stereocenters. The molecule has 0 saturated heterocycles. The quantitative estimate of drug-likeness (QED) is 0.668. The van der Waals surface area contributed by atoms with E-state index in [4.69, 9.17) is 16.3 Å². The van der Waals surface area contributed by atoms with Crippen molar-refractivity contribution >= 4 is 44.8 Å². The summed E-state index contributed by atoms with van der Waals surface area (Å²) in [5.41, 5.74) is 1.04. The molecule has 0 aliphatic heterocycles. The molecule has 1 aromatic heterocycles. The van der Waals surface area contributed by atoms with Crippen LogP contribution < -0.4 is 4.74 Å². The first-order chi connectivity index (χ1) is 9.92. The number of ether oxygens (including phenoxy) is 2. The fraction of sp³-hybridized carbons (Fsp3) is 0.286. The van der Waals surface area contributed by atoms with Crippen LogP contribution in [0.3, 0.4) is 0 Å². The molecule has 0 fully saturated rings. The van der Waals surface area contributed by atoms with Crippen molar-refractivity contribution in [2.24, 2.45) is 0 Å². The van der Waals surface area contributed by atoms with Crippen LogP contribution in [0.5, 0.6) is 10.9 Å². The smallest absolute Gasteiger partial charge is 0.351 e. The van der Waals surface area contributed by atoms with Crippen molar-refractivity contribution < 1.29 is 14.3 Å². The van der Waals surface area contributed by atoms with Crippen molar-refractivity contribution in [2.45, 2.75) is 19.8 Å². The Bertz CT molecular complexity index is 672. The Balaban J connectivity index is 2.33. The summed E-state index contributed by atoms with van der Waals surface area (Å²) in [6, 6.07) is 5.74. The van der Waals surface area contributed by atoms with E-state index in [1.54, 1.807) is 0 Å². The number of hydrogen-bond donors (Lipinski definition) is 0. The van der Waals surface area contributed by atoms with E-state index in [0.29, 0.717) is 10.9 Å². The first kappa shape index (κ1) is 16.3. The summed E-state index contributed by atoms with van der Waals surface area (Å²) in [7, 11) is 1.30. The van der Waals surface area contributed by atoms with E-state index in [-0.39, 0.29) is 15.9 Å². The highest BCUT2D eigenvalue weighted by atomic mass is 79.9. The van der Waals surface area contributed by atoms with Crippen LogP contribution >= 0.6 is 38.9 Å². The van der Waals surface area contributed by atoms with Gasteiger partial charge in [0.25, 0.3) is 5.19 Å². The summed E-state index contributed by atoms with van der Waals surface area (Å²) in [4.78, 5) is 15.8. The SMILES string of the molecule is COC(=O)c1sc(Oc2ccc(Br)cc2C(C)C)nc1Cl.